The maximum Gasteiger partial charge on any atom is 0.307 e. The summed E-state index contributed by atoms with van der Waals surface area (Å²) in [6, 6.07) is 15.0. The minimum Gasteiger partial charge on any atom is -0.490 e. The summed E-state index contributed by atoms with van der Waals surface area (Å²) in [7, 11) is 0. The van der Waals surface area contributed by atoms with Gasteiger partial charge in [0.2, 0.25) is 5.91 Å². The largest absolute Gasteiger partial charge is 0.490 e. The Morgan fingerprint density at radius 2 is 1.84 bits per heavy atom. The lowest BCUT2D eigenvalue weighted by atomic mass is 10.1. The molecule has 3 aromatic rings. The van der Waals surface area contributed by atoms with E-state index in [0.717, 1.165) is 42.0 Å². The Kier molecular flexibility index (Phi) is 8.91. The average molecular weight is 505 g/mol. The van der Waals surface area contributed by atoms with Crippen molar-refractivity contribution in [3.05, 3.63) is 72.1 Å². The van der Waals surface area contributed by atoms with Crippen molar-refractivity contribution in [1.82, 2.24) is 9.97 Å². The minimum atomic E-state index is -0.866. The summed E-state index contributed by atoms with van der Waals surface area (Å²) in [6.45, 7) is 4.01. The zero-order valence-electron chi connectivity index (χ0n) is 20.9. The molecule has 1 aromatic heterocycles. The maximum absolute atomic E-state index is 12.5. The predicted molar refractivity (Wildman–Crippen MR) is 140 cm³/mol. The summed E-state index contributed by atoms with van der Waals surface area (Å²) in [5, 5.41) is 11.7. The highest BCUT2D eigenvalue weighted by Gasteiger charge is 2.24. The quantitative estimate of drug-likeness (QED) is 0.401. The first kappa shape index (κ1) is 25.9. The van der Waals surface area contributed by atoms with Gasteiger partial charge in [0.25, 0.3) is 0 Å². The SMILES string of the molecule is CCOc1ccccc1OC1CCCN(c2cncc(NC(=O)CCc3ccc(CC(=O)O)cc3)n2)C1. The third kappa shape index (κ3) is 7.67. The number of aliphatic carboxylic acids is 1. The van der Waals surface area contributed by atoms with Gasteiger partial charge in [-0.3, -0.25) is 14.6 Å². The van der Waals surface area contributed by atoms with Crippen LogP contribution in [0.1, 0.15) is 37.3 Å². The molecule has 1 saturated heterocycles. The molecule has 0 spiro atoms. The molecule has 1 amide bonds. The Balaban J connectivity index is 1.31. The monoisotopic (exact) mass is 504 g/mol. The summed E-state index contributed by atoms with van der Waals surface area (Å²) < 4.78 is 12.0. The van der Waals surface area contributed by atoms with Gasteiger partial charge in [-0.05, 0) is 49.4 Å². The number of aryl methyl sites for hydroxylation is 1. The van der Waals surface area contributed by atoms with Gasteiger partial charge < -0.3 is 24.8 Å². The lowest BCUT2D eigenvalue weighted by Crippen LogP contribution is -2.41. The molecule has 37 heavy (non-hydrogen) atoms. The van der Waals surface area contributed by atoms with Crippen LogP contribution in [0.15, 0.2) is 60.9 Å². The highest BCUT2D eigenvalue weighted by atomic mass is 16.5. The van der Waals surface area contributed by atoms with Gasteiger partial charge in [0, 0.05) is 13.0 Å². The second-order valence-corrected chi connectivity index (χ2v) is 8.91. The van der Waals surface area contributed by atoms with Crippen LogP contribution in [-0.2, 0) is 22.4 Å². The number of nitrogens with zero attached hydrogens (tertiary/aromatic N) is 3. The van der Waals surface area contributed by atoms with E-state index in [-0.39, 0.29) is 24.9 Å². The number of carboxylic acid groups (broad SMARTS) is 1. The number of carbonyl (C=O) groups excluding carboxylic acids is 1. The first-order valence-electron chi connectivity index (χ1n) is 12.5. The normalized spacial score (nSPS) is 15.2. The summed E-state index contributed by atoms with van der Waals surface area (Å²) in [5.41, 5.74) is 1.70. The molecule has 4 rings (SSSR count). The number of amides is 1. The van der Waals surface area contributed by atoms with E-state index < -0.39 is 5.97 Å². The van der Waals surface area contributed by atoms with Crippen molar-refractivity contribution in [1.29, 1.82) is 0 Å². The number of rotatable bonds is 11. The molecule has 2 heterocycles. The number of anilines is 2. The molecule has 9 heteroatoms. The van der Waals surface area contributed by atoms with Gasteiger partial charge in [-0.2, -0.15) is 0 Å². The lowest BCUT2D eigenvalue weighted by Gasteiger charge is -2.33. The highest BCUT2D eigenvalue weighted by Crippen LogP contribution is 2.30. The Bertz CT molecular complexity index is 1200. The van der Waals surface area contributed by atoms with Crippen molar-refractivity contribution in [3.8, 4) is 11.5 Å². The van der Waals surface area contributed by atoms with Crippen LogP contribution < -0.4 is 19.7 Å². The fraction of sp³-hybridized carbons (Fsp3) is 0.357. The smallest absolute Gasteiger partial charge is 0.307 e. The van der Waals surface area contributed by atoms with Gasteiger partial charge in [0.05, 0.1) is 32.0 Å². The van der Waals surface area contributed by atoms with Gasteiger partial charge >= 0.3 is 5.97 Å². The molecule has 9 nitrogen and oxygen atoms in total. The van der Waals surface area contributed by atoms with Gasteiger partial charge in [-0.15, -0.1) is 0 Å². The third-order valence-electron chi connectivity index (χ3n) is 6.05. The van der Waals surface area contributed by atoms with Crippen molar-refractivity contribution >= 4 is 23.5 Å². The van der Waals surface area contributed by atoms with Crippen molar-refractivity contribution in [2.24, 2.45) is 0 Å². The predicted octanol–water partition coefficient (Wildman–Crippen LogP) is 4.12. The van der Waals surface area contributed by atoms with Crippen LogP contribution in [0, 0.1) is 0 Å². The van der Waals surface area contributed by atoms with E-state index >= 15 is 0 Å². The van der Waals surface area contributed by atoms with Crippen LogP contribution in [0.25, 0.3) is 0 Å². The van der Waals surface area contributed by atoms with Gasteiger partial charge in [-0.1, -0.05) is 36.4 Å². The van der Waals surface area contributed by atoms with E-state index in [1.165, 1.54) is 0 Å². The van der Waals surface area contributed by atoms with E-state index in [0.29, 0.717) is 31.2 Å². The Morgan fingerprint density at radius 1 is 1.08 bits per heavy atom. The molecule has 194 valence electrons. The molecule has 1 aliphatic heterocycles. The molecule has 0 bridgehead atoms. The topological polar surface area (TPSA) is 114 Å². The second-order valence-electron chi connectivity index (χ2n) is 8.91. The zero-order chi connectivity index (χ0) is 26.0. The van der Waals surface area contributed by atoms with E-state index in [1.807, 2.05) is 43.3 Å². The van der Waals surface area contributed by atoms with E-state index in [4.69, 9.17) is 14.6 Å². The number of benzene rings is 2. The zero-order valence-corrected chi connectivity index (χ0v) is 20.9. The third-order valence-corrected chi connectivity index (χ3v) is 6.05. The standard InChI is InChI=1S/C28H32N4O5/c1-2-36-23-7-3-4-8-24(23)37-22-6-5-15-32(19-22)26-18-29-17-25(30-26)31-27(33)14-13-20-9-11-21(12-10-20)16-28(34)35/h3-4,7-12,17-18,22H,2,5-6,13-16,19H2,1H3,(H,34,35)(H,30,31,33). The molecule has 2 N–H and O–H groups in total. The highest BCUT2D eigenvalue weighted by molar-refractivity contribution is 5.89. The van der Waals surface area contributed by atoms with E-state index in [1.54, 1.807) is 24.5 Å². The number of nitrogens with one attached hydrogen (secondary N) is 1. The maximum atomic E-state index is 12.5. The van der Waals surface area contributed by atoms with Crippen LogP contribution in [-0.4, -0.2) is 52.8 Å². The number of hydrogen-bond acceptors (Lipinski definition) is 7. The number of ether oxygens (including phenoxy) is 2. The molecule has 1 unspecified atom stereocenters. The van der Waals surface area contributed by atoms with E-state index in [9.17, 15) is 9.59 Å². The fourth-order valence-electron chi connectivity index (χ4n) is 4.27. The summed E-state index contributed by atoms with van der Waals surface area (Å²) >= 11 is 0. The van der Waals surface area contributed by atoms with Crippen LogP contribution >= 0.6 is 0 Å². The first-order valence-corrected chi connectivity index (χ1v) is 12.5. The molecular formula is C28H32N4O5. The molecule has 1 atom stereocenters. The average Bonchev–Trinajstić information content (AvgIpc) is 2.90. The van der Waals surface area contributed by atoms with Crippen LogP contribution in [0.4, 0.5) is 11.6 Å². The number of carboxylic acids is 1. The molecule has 0 saturated carbocycles. The molecular weight excluding hydrogens is 472 g/mol. The van der Waals surface area contributed by atoms with Crippen molar-refractivity contribution in [2.45, 2.75) is 45.1 Å². The molecule has 1 aliphatic rings. The fourth-order valence-corrected chi connectivity index (χ4v) is 4.27. The summed E-state index contributed by atoms with van der Waals surface area (Å²) in [6.07, 6.45) is 5.91. The van der Waals surface area contributed by atoms with Crippen LogP contribution in [0.5, 0.6) is 11.5 Å². The number of aromatic nitrogens is 2. The molecule has 0 radical (unpaired) electrons. The van der Waals surface area contributed by atoms with Crippen LogP contribution in [0.2, 0.25) is 0 Å². The Hall–Kier alpha value is -4.14. The van der Waals surface area contributed by atoms with E-state index in [2.05, 4.69) is 20.2 Å². The summed E-state index contributed by atoms with van der Waals surface area (Å²) in [5.74, 6) is 1.55. The molecule has 2 aromatic carbocycles. The number of carbonyl (C=O) groups is 2. The number of hydrogen-bond donors (Lipinski definition) is 2. The van der Waals surface area contributed by atoms with Gasteiger partial charge in [0.1, 0.15) is 11.9 Å². The minimum absolute atomic E-state index is 0.0137. The van der Waals surface area contributed by atoms with Crippen molar-refractivity contribution < 1.29 is 24.2 Å². The molecule has 0 aliphatic carbocycles. The van der Waals surface area contributed by atoms with Gasteiger partial charge in [0.15, 0.2) is 17.3 Å². The Labute approximate surface area is 216 Å². The lowest BCUT2D eigenvalue weighted by molar-refractivity contribution is -0.136. The van der Waals surface area contributed by atoms with Crippen molar-refractivity contribution in [2.75, 3.05) is 29.9 Å². The van der Waals surface area contributed by atoms with Crippen LogP contribution in [0.3, 0.4) is 0 Å². The first-order chi connectivity index (χ1) is 18.0. The number of piperidine rings is 1. The molecule has 1 fully saturated rings. The van der Waals surface area contributed by atoms with Gasteiger partial charge in [-0.25, -0.2) is 4.98 Å². The number of para-hydroxylation sites is 2. The van der Waals surface area contributed by atoms with Crippen molar-refractivity contribution in [3.63, 3.8) is 0 Å². The summed E-state index contributed by atoms with van der Waals surface area (Å²) in [4.78, 5) is 34.4. The second kappa shape index (κ2) is 12.7. The Morgan fingerprint density at radius 3 is 2.59 bits per heavy atom.